The molecule has 1 aromatic carbocycles. The number of benzene rings is 1. The van der Waals surface area contributed by atoms with E-state index in [9.17, 15) is 0 Å². The van der Waals surface area contributed by atoms with Gasteiger partial charge in [-0.2, -0.15) is 11.8 Å². The van der Waals surface area contributed by atoms with Crippen LogP contribution < -0.4 is 15.8 Å². The molecule has 0 unspecified atom stereocenters. The summed E-state index contributed by atoms with van der Waals surface area (Å²) in [5, 5.41) is 3.28. The van der Waals surface area contributed by atoms with Crippen LogP contribution in [0.25, 0.3) is 0 Å². The number of hydrogen-bond acceptors (Lipinski definition) is 4. The second kappa shape index (κ2) is 5.65. The van der Waals surface area contributed by atoms with E-state index in [1.54, 1.807) is 13.2 Å². The zero-order valence-electron chi connectivity index (χ0n) is 8.54. The van der Waals surface area contributed by atoms with Gasteiger partial charge in [0.05, 0.1) is 7.11 Å². The highest BCUT2D eigenvalue weighted by Gasteiger charge is 1.97. The van der Waals surface area contributed by atoms with Crippen molar-refractivity contribution in [3.8, 4) is 5.75 Å². The number of anilines is 2. The molecule has 1 rings (SSSR count). The summed E-state index contributed by atoms with van der Waals surface area (Å²) >= 11 is 1.81. The highest BCUT2D eigenvalue weighted by atomic mass is 32.2. The minimum absolute atomic E-state index is 0.719. The van der Waals surface area contributed by atoms with Crippen LogP contribution in [0.3, 0.4) is 0 Å². The van der Waals surface area contributed by atoms with E-state index in [1.165, 1.54) is 0 Å². The fourth-order valence-corrected chi connectivity index (χ4v) is 1.45. The third kappa shape index (κ3) is 3.38. The zero-order chi connectivity index (χ0) is 10.4. The second-order valence-electron chi connectivity index (χ2n) is 2.91. The number of hydrogen-bond donors (Lipinski definition) is 2. The van der Waals surface area contributed by atoms with Crippen molar-refractivity contribution in [3.63, 3.8) is 0 Å². The molecule has 0 bridgehead atoms. The van der Waals surface area contributed by atoms with Gasteiger partial charge < -0.3 is 15.8 Å². The quantitative estimate of drug-likeness (QED) is 0.579. The summed E-state index contributed by atoms with van der Waals surface area (Å²) in [7, 11) is 1.64. The van der Waals surface area contributed by atoms with E-state index in [0.29, 0.717) is 0 Å². The number of rotatable bonds is 5. The van der Waals surface area contributed by atoms with E-state index >= 15 is 0 Å². The van der Waals surface area contributed by atoms with Crippen molar-refractivity contribution in [2.75, 3.05) is 36.7 Å². The van der Waals surface area contributed by atoms with Gasteiger partial charge in [-0.3, -0.25) is 0 Å². The van der Waals surface area contributed by atoms with Crippen LogP contribution in [0.4, 0.5) is 11.4 Å². The lowest BCUT2D eigenvalue weighted by atomic mass is 10.2. The van der Waals surface area contributed by atoms with Crippen LogP contribution >= 0.6 is 11.8 Å². The van der Waals surface area contributed by atoms with Crippen molar-refractivity contribution in [2.24, 2.45) is 0 Å². The molecule has 3 N–H and O–H groups in total. The molecule has 0 radical (unpaired) electrons. The second-order valence-corrected chi connectivity index (χ2v) is 3.90. The average Bonchev–Trinajstić information content (AvgIpc) is 2.17. The summed E-state index contributed by atoms with van der Waals surface area (Å²) in [6.07, 6.45) is 2.08. The first-order valence-corrected chi connectivity index (χ1v) is 5.83. The molecular formula is C10H16N2OS. The first kappa shape index (κ1) is 11.0. The number of nitrogens with two attached hydrogens (primary N) is 1. The topological polar surface area (TPSA) is 47.3 Å². The van der Waals surface area contributed by atoms with E-state index in [2.05, 4.69) is 11.6 Å². The van der Waals surface area contributed by atoms with Crippen LogP contribution in [0.2, 0.25) is 0 Å². The number of thioether (sulfide) groups is 1. The van der Waals surface area contributed by atoms with Crippen LogP contribution in [0.5, 0.6) is 5.75 Å². The summed E-state index contributed by atoms with van der Waals surface area (Å²) < 4.78 is 5.12. The van der Waals surface area contributed by atoms with Gasteiger partial charge in [0.2, 0.25) is 0 Å². The highest BCUT2D eigenvalue weighted by Crippen LogP contribution is 2.21. The van der Waals surface area contributed by atoms with Crippen molar-refractivity contribution < 1.29 is 4.74 Å². The molecule has 0 spiro atoms. The predicted molar refractivity (Wildman–Crippen MR) is 64.3 cm³/mol. The van der Waals surface area contributed by atoms with E-state index in [1.807, 2.05) is 23.9 Å². The third-order valence-corrected chi connectivity index (χ3v) is 2.41. The van der Waals surface area contributed by atoms with Gasteiger partial charge >= 0.3 is 0 Å². The van der Waals surface area contributed by atoms with Crippen LogP contribution in [0.15, 0.2) is 18.2 Å². The summed E-state index contributed by atoms with van der Waals surface area (Å²) in [4.78, 5) is 0. The normalized spacial score (nSPS) is 9.86. The smallest absolute Gasteiger partial charge is 0.122 e. The molecule has 0 amide bonds. The standard InChI is InChI=1S/C10H16N2OS/c1-13-10-6-8(11)5-9(7-10)12-3-4-14-2/h5-7,12H,3-4,11H2,1-2H3. The molecule has 0 heterocycles. The van der Waals surface area contributed by atoms with Gasteiger partial charge in [-0.15, -0.1) is 0 Å². The lowest BCUT2D eigenvalue weighted by molar-refractivity contribution is 0.415. The van der Waals surface area contributed by atoms with Crippen LogP contribution in [0.1, 0.15) is 0 Å². The Morgan fingerprint density at radius 3 is 2.86 bits per heavy atom. The van der Waals surface area contributed by atoms with Crippen LogP contribution in [-0.2, 0) is 0 Å². The van der Waals surface area contributed by atoms with E-state index in [-0.39, 0.29) is 0 Å². The molecule has 0 aliphatic carbocycles. The fraction of sp³-hybridized carbons (Fsp3) is 0.400. The Hall–Kier alpha value is -1.03. The molecule has 0 atom stereocenters. The van der Waals surface area contributed by atoms with Crippen molar-refractivity contribution in [1.29, 1.82) is 0 Å². The minimum atomic E-state index is 0.719. The number of methoxy groups -OCH3 is 1. The highest BCUT2D eigenvalue weighted by molar-refractivity contribution is 7.98. The lowest BCUT2D eigenvalue weighted by Crippen LogP contribution is -2.04. The molecule has 0 aliphatic heterocycles. The SMILES string of the molecule is COc1cc(N)cc(NCCSC)c1. The van der Waals surface area contributed by atoms with E-state index in [4.69, 9.17) is 10.5 Å². The summed E-state index contributed by atoms with van der Waals surface area (Å²) in [5.74, 6) is 1.87. The van der Waals surface area contributed by atoms with Gasteiger partial charge in [-0.1, -0.05) is 0 Å². The molecule has 3 nitrogen and oxygen atoms in total. The molecule has 0 aliphatic rings. The van der Waals surface area contributed by atoms with E-state index < -0.39 is 0 Å². The Morgan fingerprint density at radius 1 is 1.43 bits per heavy atom. The Morgan fingerprint density at radius 2 is 2.21 bits per heavy atom. The molecular weight excluding hydrogens is 196 g/mol. The monoisotopic (exact) mass is 212 g/mol. The van der Waals surface area contributed by atoms with Crippen molar-refractivity contribution in [3.05, 3.63) is 18.2 Å². The minimum Gasteiger partial charge on any atom is -0.497 e. The first-order chi connectivity index (χ1) is 6.76. The molecule has 0 fully saturated rings. The maximum absolute atomic E-state index is 5.71. The molecule has 1 aromatic rings. The molecule has 0 saturated heterocycles. The Bertz CT molecular complexity index is 291. The van der Waals surface area contributed by atoms with E-state index in [0.717, 1.165) is 29.4 Å². The Balaban J connectivity index is 2.62. The van der Waals surface area contributed by atoms with Gasteiger partial charge in [0.15, 0.2) is 0 Å². The summed E-state index contributed by atoms with van der Waals surface area (Å²) in [5.41, 5.74) is 7.44. The zero-order valence-corrected chi connectivity index (χ0v) is 9.36. The molecule has 4 heteroatoms. The molecule has 0 aromatic heterocycles. The summed E-state index contributed by atoms with van der Waals surface area (Å²) in [6, 6.07) is 5.65. The number of nitrogens with one attached hydrogen (secondary N) is 1. The fourth-order valence-electron chi connectivity index (χ4n) is 1.14. The van der Waals surface area contributed by atoms with Gasteiger partial charge in [0.25, 0.3) is 0 Å². The largest absolute Gasteiger partial charge is 0.497 e. The van der Waals surface area contributed by atoms with Crippen LogP contribution in [-0.4, -0.2) is 25.7 Å². The van der Waals surface area contributed by atoms with Gasteiger partial charge in [-0.05, 0) is 12.3 Å². The maximum Gasteiger partial charge on any atom is 0.122 e. The van der Waals surface area contributed by atoms with Crippen LogP contribution in [0, 0.1) is 0 Å². The van der Waals surface area contributed by atoms with Crippen molar-refractivity contribution >= 4 is 23.1 Å². The Labute approximate surface area is 89.0 Å². The Kier molecular flexibility index (Phi) is 4.46. The maximum atomic E-state index is 5.71. The molecule has 78 valence electrons. The first-order valence-electron chi connectivity index (χ1n) is 4.43. The third-order valence-electron chi connectivity index (χ3n) is 1.80. The molecule has 14 heavy (non-hydrogen) atoms. The van der Waals surface area contributed by atoms with Gasteiger partial charge in [0.1, 0.15) is 5.75 Å². The summed E-state index contributed by atoms with van der Waals surface area (Å²) in [6.45, 7) is 0.938. The molecule has 0 saturated carbocycles. The average molecular weight is 212 g/mol. The van der Waals surface area contributed by atoms with Crippen molar-refractivity contribution in [2.45, 2.75) is 0 Å². The van der Waals surface area contributed by atoms with Crippen molar-refractivity contribution in [1.82, 2.24) is 0 Å². The number of ether oxygens (including phenoxy) is 1. The number of nitrogen functional groups attached to an aromatic ring is 1. The van der Waals surface area contributed by atoms with Gasteiger partial charge in [-0.25, -0.2) is 0 Å². The lowest BCUT2D eigenvalue weighted by Gasteiger charge is -2.08. The predicted octanol–water partition coefficient (Wildman–Crippen LogP) is 2.05. The van der Waals surface area contributed by atoms with Gasteiger partial charge in [0, 0.05) is 35.8 Å².